The molecule has 0 bridgehead atoms. The normalized spacial score (nSPS) is 11.7. The molecule has 1 heterocycles. The molecule has 1 N–H and O–H groups in total. The number of rotatable bonds is 5. The second-order valence-corrected chi connectivity index (χ2v) is 5.88. The Morgan fingerprint density at radius 2 is 1.62 bits per heavy atom. The molecule has 0 aliphatic rings. The predicted molar refractivity (Wildman–Crippen MR) is 96.0 cm³/mol. The van der Waals surface area contributed by atoms with Crippen LogP contribution in [-0.2, 0) is 6.42 Å². The van der Waals surface area contributed by atoms with Crippen molar-refractivity contribution in [2.45, 2.75) is 12.5 Å². The molecule has 0 aliphatic carbocycles. The number of hydrogen-bond acceptors (Lipinski definition) is 2. The van der Waals surface area contributed by atoms with Gasteiger partial charge in [0, 0.05) is 6.20 Å². The van der Waals surface area contributed by atoms with E-state index in [1.54, 1.807) is 12.1 Å². The van der Waals surface area contributed by atoms with Crippen LogP contribution in [0.2, 0.25) is 5.15 Å². The van der Waals surface area contributed by atoms with Crippen LogP contribution in [0.5, 0.6) is 0 Å². The van der Waals surface area contributed by atoms with E-state index < -0.39 is 0 Å². The lowest BCUT2D eigenvalue weighted by molar-refractivity contribution is 0.0936. The smallest absolute Gasteiger partial charge is 0.253 e. The van der Waals surface area contributed by atoms with Gasteiger partial charge in [0.05, 0.1) is 11.6 Å². The van der Waals surface area contributed by atoms with Gasteiger partial charge in [-0.25, -0.2) is 4.98 Å². The van der Waals surface area contributed by atoms with Gasteiger partial charge in [-0.2, -0.15) is 0 Å². The Morgan fingerprint density at radius 1 is 0.958 bits per heavy atom. The molecule has 3 nitrogen and oxygen atoms in total. The highest BCUT2D eigenvalue weighted by atomic mass is 35.5. The van der Waals surface area contributed by atoms with Crippen molar-refractivity contribution in [3.8, 4) is 0 Å². The maximum Gasteiger partial charge on any atom is 0.253 e. The summed E-state index contributed by atoms with van der Waals surface area (Å²) < 4.78 is 0. The topological polar surface area (TPSA) is 42.0 Å². The molecule has 2 aromatic carbocycles. The molecule has 120 valence electrons. The van der Waals surface area contributed by atoms with Crippen molar-refractivity contribution in [2.24, 2.45) is 0 Å². The van der Waals surface area contributed by atoms with E-state index >= 15 is 0 Å². The van der Waals surface area contributed by atoms with Gasteiger partial charge in [-0.05, 0) is 29.7 Å². The summed E-state index contributed by atoms with van der Waals surface area (Å²) in [7, 11) is 0. The minimum absolute atomic E-state index is 0.114. The fourth-order valence-electron chi connectivity index (χ4n) is 2.54. The first-order valence-electron chi connectivity index (χ1n) is 7.73. The molecule has 3 rings (SSSR count). The minimum atomic E-state index is -0.163. The Kier molecular flexibility index (Phi) is 5.24. The first kappa shape index (κ1) is 16.2. The standard InChI is InChI=1S/C20H17ClN2O/c21-19-12-11-17(14-22-19)20(24)23-18(16-9-5-2-6-10-16)13-15-7-3-1-4-8-15/h1-12,14,18H,13H2,(H,23,24)/t18-/m1/s1. The fourth-order valence-corrected chi connectivity index (χ4v) is 2.65. The van der Waals surface area contributed by atoms with Crippen LogP contribution in [0.4, 0.5) is 0 Å². The third kappa shape index (κ3) is 4.21. The van der Waals surface area contributed by atoms with Crippen molar-refractivity contribution in [3.63, 3.8) is 0 Å². The summed E-state index contributed by atoms with van der Waals surface area (Å²) in [6, 6.07) is 23.3. The van der Waals surface area contributed by atoms with Crippen molar-refractivity contribution >= 4 is 17.5 Å². The van der Waals surface area contributed by atoms with E-state index in [0.29, 0.717) is 10.7 Å². The average molecular weight is 337 g/mol. The second-order valence-electron chi connectivity index (χ2n) is 5.50. The highest BCUT2D eigenvalue weighted by Gasteiger charge is 2.16. The van der Waals surface area contributed by atoms with E-state index in [-0.39, 0.29) is 11.9 Å². The minimum Gasteiger partial charge on any atom is -0.345 e. The largest absolute Gasteiger partial charge is 0.345 e. The lowest BCUT2D eigenvalue weighted by atomic mass is 9.98. The SMILES string of the molecule is O=C(N[C@H](Cc1ccccc1)c1ccccc1)c1ccc(Cl)nc1. The summed E-state index contributed by atoms with van der Waals surface area (Å²) in [5.41, 5.74) is 2.73. The van der Waals surface area contributed by atoms with Crippen LogP contribution in [-0.4, -0.2) is 10.9 Å². The highest BCUT2D eigenvalue weighted by molar-refractivity contribution is 6.29. The number of pyridine rings is 1. The van der Waals surface area contributed by atoms with E-state index in [1.165, 1.54) is 11.8 Å². The van der Waals surface area contributed by atoms with Gasteiger partial charge in [0.15, 0.2) is 0 Å². The molecule has 1 atom stereocenters. The lowest BCUT2D eigenvalue weighted by Gasteiger charge is -2.19. The van der Waals surface area contributed by atoms with E-state index in [2.05, 4.69) is 22.4 Å². The average Bonchev–Trinajstić information content (AvgIpc) is 2.63. The molecular formula is C20H17ClN2O. The van der Waals surface area contributed by atoms with Gasteiger partial charge < -0.3 is 5.32 Å². The van der Waals surface area contributed by atoms with Gasteiger partial charge in [0.2, 0.25) is 0 Å². The molecule has 0 saturated heterocycles. The summed E-state index contributed by atoms with van der Waals surface area (Å²) in [6.07, 6.45) is 2.21. The molecule has 0 saturated carbocycles. The molecule has 0 aliphatic heterocycles. The van der Waals surface area contributed by atoms with Crippen LogP contribution >= 0.6 is 11.6 Å². The molecule has 0 fully saturated rings. The first-order valence-corrected chi connectivity index (χ1v) is 8.11. The van der Waals surface area contributed by atoms with Gasteiger partial charge in [-0.1, -0.05) is 72.3 Å². The zero-order valence-electron chi connectivity index (χ0n) is 13.0. The molecule has 0 radical (unpaired) electrons. The van der Waals surface area contributed by atoms with Crippen LogP contribution in [0.1, 0.15) is 27.5 Å². The van der Waals surface area contributed by atoms with E-state index in [0.717, 1.165) is 12.0 Å². The summed E-state index contributed by atoms with van der Waals surface area (Å²) in [5, 5.41) is 3.47. The van der Waals surface area contributed by atoms with Crippen LogP contribution in [0.15, 0.2) is 79.0 Å². The summed E-state index contributed by atoms with van der Waals surface area (Å²) in [6.45, 7) is 0. The van der Waals surface area contributed by atoms with Gasteiger partial charge in [0.25, 0.3) is 5.91 Å². The Hall–Kier alpha value is -2.65. The maximum absolute atomic E-state index is 12.5. The zero-order chi connectivity index (χ0) is 16.8. The number of aromatic nitrogens is 1. The summed E-state index contributed by atoms with van der Waals surface area (Å²) in [5.74, 6) is -0.163. The quantitative estimate of drug-likeness (QED) is 0.699. The number of carbonyl (C=O) groups is 1. The van der Waals surface area contributed by atoms with Crippen LogP contribution < -0.4 is 5.32 Å². The number of nitrogens with one attached hydrogen (secondary N) is 1. The van der Waals surface area contributed by atoms with Gasteiger partial charge in [0.1, 0.15) is 5.15 Å². The number of hydrogen-bond donors (Lipinski definition) is 1. The van der Waals surface area contributed by atoms with Crippen molar-refractivity contribution in [3.05, 3.63) is 101 Å². The van der Waals surface area contributed by atoms with E-state index in [1.807, 2.05) is 48.5 Å². The molecule has 4 heteroatoms. The Bertz CT molecular complexity index is 789. The highest BCUT2D eigenvalue weighted by Crippen LogP contribution is 2.19. The van der Waals surface area contributed by atoms with Crippen LogP contribution in [0.25, 0.3) is 0 Å². The molecule has 3 aromatic rings. The fraction of sp³-hybridized carbons (Fsp3) is 0.100. The third-order valence-electron chi connectivity index (χ3n) is 3.78. The Labute approximate surface area is 146 Å². The molecule has 1 aromatic heterocycles. The van der Waals surface area contributed by atoms with Gasteiger partial charge in [-0.3, -0.25) is 4.79 Å². The number of benzene rings is 2. The second kappa shape index (κ2) is 7.75. The lowest BCUT2D eigenvalue weighted by Crippen LogP contribution is -2.30. The Balaban J connectivity index is 1.82. The maximum atomic E-state index is 12.5. The summed E-state index contributed by atoms with van der Waals surface area (Å²) >= 11 is 5.78. The molecule has 24 heavy (non-hydrogen) atoms. The van der Waals surface area contributed by atoms with Crippen molar-refractivity contribution < 1.29 is 4.79 Å². The molecule has 0 unspecified atom stereocenters. The number of amides is 1. The number of carbonyl (C=O) groups excluding carboxylic acids is 1. The first-order chi connectivity index (χ1) is 11.7. The van der Waals surface area contributed by atoms with Crippen LogP contribution in [0, 0.1) is 0 Å². The Morgan fingerprint density at radius 3 is 2.25 bits per heavy atom. The summed E-state index contributed by atoms with van der Waals surface area (Å²) in [4.78, 5) is 16.5. The predicted octanol–water partition coefficient (Wildman–Crippen LogP) is 4.45. The van der Waals surface area contributed by atoms with E-state index in [4.69, 9.17) is 11.6 Å². The van der Waals surface area contributed by atoms with Crippen LogP contribution in [0.3, 0.4) is 0 Å². The molecule has 1 amide bonds. The van der Waals surface area contributed by atoms with Gasteiger partial charge >= 0.3 is 0 Å². The monoisotopic (exact) mass is 336 g/mol. The third-order valence-corrected chi connectivity index (χ3v) is 4.00. The number of nitrogens with zero attached hydrogens (tertiary/aromatic N) is 1. The molecule has 0 spiro atoms. The molecular weight excluding hydrogens is 320 g/mol. The van der Waals surface area contributed by atoms with Crippen molar-refractivity contribution in [2.75, 3.05) is 0 Å². The number of halogens is 1. The van der Waals surface area contributed by atoms with Crippen molar-refractivity contribution in [1.29, 1.82) is 0 Å². The van der Waals surface area contributed by atoms with E-state index in [9.17, 15) is 4.79 Å². The zero-order valence-corrected chi connectivity index (χ0v) is 13.8. The van der Waals surface area contributed by atoms with Gasteiger partial charge in [-0.15, -0.1) is 0 Å². The van der Waals surface area contributed by atoms with Crippen molar-refractivity contribution in [1.82, 2.24) is 10.3 Å².